The van der Waals surface area contributed by atoms with E-state index in [1.54, 1.807) is 30.5 Å². The molecule has 1 aromatic heterocycles. The van der Waals surface area contributed by atoms with Crippen molar-refractivity contribution < 1.29 is 9.50 Å². The van der Waals surface area contributed by atoms with Gasteiger partial charge in [0.1, 0.15) is 10.8 Å². The van der Waals surface area contributed by atoms with Gasteiger partial charge in [0.25, 0.3) is 0 Å². The Hall–Kier alpha value is -1.07. The lowest BCUT2D eigenvalue weighted by atomic mass is 10.3. The van der Waals surface area contributed by atoms with Crippen molar-refractivity contribution in [2.45, 2.75) is 9.92 Å². The van der Waals surface area contributed by atoms with Gasteiger partial charge >= 0.3 is 0 Å². The van der Waals surface area contributed by atoms with Crippen molar-refractivity contribution in [1.29, 1.82) is 0 Å². The Morgan fingerprint density at radius 1 is 1.25 bits per heavy atom. The summed E-state index contributed by atoms with van der Waals surface area (Å²) in [5.74, 6) is -0.180. The number of aromatic nitrogens is 1. The van der Waals surface area contributed by atoms with Crippen molar-refractivity contribution >= 4 is 27.7 Å². The number of aromatic hydroxyl groups is 1. The van der Waals surface area contributed by atoms with E-state index < -0.39 is 0 Å². The minimum atomic E-state index is -0.368. The Balaban J connectivity index is 2.23. The third kappa shape index (κ3) is 2.74. The van der Waals surface area contributed by atoms with Crippen LogP contribution in [0.3, 0.4) is 0 Å². The maximum Gasteiger partial charge on any atom is 0.156 e. The molecule has 0 radical (unpaired) electrons. The van der Waals surface area contributed by atoms with Gasteiger partial charge in [0, 0.05) is 15.6 Å². The smallest absolute Gasteiger partial charge is 0.156 e. The van der Waals surface area contributed by atoms with Crippen LogP contribution in [-0.4, -0.2) is 10.1 Å². The maximum absolute atomic E-state index is 13.5. The molecule has 2 aromatic rings. The van der Waals surface area contributed by atoms with Crippen LogP contribution in [0.15, 0.2) is 50.9 Å². The monoisotopic (exact) mass is 299 g/mol. The van der Waals surface area contributed by atoms with Gasteiger partial charge in [-0.2, -0.15) is 0 Å². The molecule has 1 aromatic carbocycles. The van der Waals surface area contributed by atoms with Gasteiger partial charge < -0.3 is 5.11 Å². The molecule has 5 heteroatoms. The molecule has 1 heterocycles. The van der Waals surface area contributed by atoms with E-state index in [1.807, 2.05) is 0 Å². The number of phenols is 1. The molecule has 0 amide bonds. The Morgan fingerprint density at radius 2 is 1.94 bits per heavy atom. The second-order valence-electron chi connectivity index (χ2n) is 3.04. The highest BCUT2D eigenvalue weighted by molar-refractivity contribution is 9.10. The number of benzene rings is 1. The van der Waals surface area contributed by atoms with E-state index in [0.717, 1.165) is 4.90 Å². The van der Waals surface area contributed by atoms with Crippen molar-refractivity contribution in [2.75, 3.05) is 0 Å². The van der Waals surface area contributed by atoms with Crippen LogP contribution in [0, 0.1) is 5.82 Å². The van der Waals surface area contributed by atoms with Crippen LogP contribution in [0.5, 0.6) is 5.75 Å². The zero-order valence-corrected chi connectivity index (χ0v) is 10.4. The molecule has 0 spiro atoms. The number of pyridine rings is 1. The molecular weight excluding hydrogens is 293 g/mol. The second kappa shape index (κ2) is 4.84. The fraction of sp³-hybridized carbons (Fsp3) is 0. The molecule has 2 nitrogen and oxygen atoms in total. The number of rotatable bonds is 2. The van der Waals surface area contributed by atoms with Crippen LogP contribution in [0.25, 0.3) is 0 Å². The number of nitrogens with zero attached hydrogens (tertiary/aromatic N) is 1. The summed E-state index contributed by atoms with van der Waals surface area (Å²) in [6.45, 7) is 0. The SMILES string of the molecule is Oc1ccc(Sc2ncc(Br)cc2F)cc1. The Kier molecular flexibility index (Phi) is 3.46. The van der Waals surface area contributed by atoms with Gasteiger partial charge in [0.2, 0.25) is 0 Å². The first-order valence-corrected chi connectivity index (χ1v) is 6.04. The molecule has 16 heavy (non-hydrogen) atoms. The number of phenolic OH excluding ortho intramolecular Hbond substituents is 1. The molecule has 0 aliphatic rings. The Labute approximate surface area is 105 Å². The third-order valence-corrected chi connectivity index (χ3v) is 3.26. The van der Waals surface area contributed by atoms with Crippen molar-refractivity contribution in [3.8, 4) is 5.75 Å². The number of hydrogen-bond donors (Lipinski definition) is 1. The van der Waals surface area contributed by atoms with Gasteiger partial charge in [-0.25, -0.2) is 9.37 Å². The molecule has 0 unspecified atom stereocenters. The quantitative estimate of drug-likeness (QED) is 0.914. The number of hydrogen-bond acceptors (Lipinski definition) is 3. The highest BCUT2D eigenvalue weighted by atomic mass is 79.9. The molecule has 0 saturated carbocycles. The summed E-state index contributed by atoms with van der Waals surface area (Å²) in [6, 6.07) is 7.90. The van der Waals surface area contributed by atoms with Gasteiger partial charge in [0.15, 0.2) is 5.82 Å². The van der Waals surface area contributed by atoms with E-state index >= 15 is 0 Å². The Morgan fingerprint density at radius 3 is 2.56 bits per heavy atom. The topological polar surface area (TPSA) is 33.1 Å². The molecule has 0 aliphatic heterocycles. The third-order valence-electron chi connectivity index (χ3n) is 1.83. The van der Waals surface area contributed by atoms with E-state index in [4.69, 9.17) is 5.11 Å². The van der Waals surface area contributed by atoms with Crippen LogP contribution in [0.4, 0.5) is 4.39 Å². The summed E-state index contributed by atoms with van der Waals surface area (Å²) in [7, 11) is 0. The minimum absolute atomic E-state index is 0.189. The van der Waals surface area contributed by atoms with Crippen LogP contribution >= 0.6 is 27.7 Å². The summed E-state index contributed by atoms with van der Waals surface area (Å²) in [4.78, 5) is 4.80. The largest absolute Gasteiger partial charge is 0.508 e. The van der Waals surface area contributed by atoms with Gasteiger partial charge in [-0.1, -0.05) is 11.8 Å². The summed E-state index contributed by atoms with van der Waals surface area (Å²) in [5, 5.41) is 9.42. The average molecular weight is 300 g/mol. The first kappa shape index (κ1) is 11.4. The molecule has 0 atom stereocenters. The standard InChI is InChI=1S/C11H7BrFNOS/c12-7-5-10(13)11(14-6-7)16-9-3-1-8(15)2-4-9/h1-6,15H. The lowest BCUT2D eigenvalue weighted by Gasteiger charge is -2.02. The summed E-state index contributed by atoms with van der Waals surface area (Å²) >= 11 is 4.36. The summed E-state index contributed by atoms with van der Waals surface area (Å²) < 4.78 is 14.1. The Bertz CT molecular complexity index is 504. The fourth-order valence-corrected chi connectivity index (χ4v) is 2.16. The maximum atomic E-state index is 13.5. The van der Waals surface area contributed by atoms with Crippen molar-refractivity contribution in [3.05, 3.63) is 46.8 Å². The van der Waals surface area contributed by atoms with Crippen LogP contribution in [-0.2, 0) is 0 Å². The van der Waals surface area contributed by atoms with E-state index in [-0.39, 0.29) is 11.6 Å². The molecule has 0 aliphatic carbocycles. The lowest BCUT2D eigenvalue weighted by Crippen LogP contribution is -1.86. The predicted octanol–water partition coefficient (Wildman–Crippen LogP) is 3.84. The fourth-order valence-electron chi connectivity index (χ4n) is 1.10. The highest BCUT2D eigenvalue weighted by Gasteiger charge is 2.06. The zero-order valence-electron chi connectivity index (χ0n) is 8.02. The van der Waals surface area contributed by atoms with Gasteiger partial charge in [-0.05, 0) is 46.3 Å². The van der Waals surface area contributed by atoms with Crippen molar-refractivity contribution in [2.24, 2.45) is 0 Å². The van der Waals surface area contributed by atoms with E-state index in [9.17, 15) is 4.39 Å². The second-order valence-corrected chi connectivity index (χ2v) is 5.01. The first-order valence-electron chi connectivity index (χ1n) is 4.43. The van der Waals surface area contributed by atoms with Gasteiger partial charge in [-0.15, -0.1) is 0 Å². The van der Waals surface area contributed by atoms with Crippen molar-refractivity contribution in [1.82, 2.24) is 4.98 Å². The number of halogens is 2. The molecule has 1 N–H and O–H groups in total. The molecule has 82 valence electrons. The highest BCUT2D eigenvalue weighted by Crippen LogP contribution is 2.29. The lowest BCUT2D eigenvalue weighted by molar-refractivity contribution is 0.475. The van der Waals surface area contributed by atoms with E-state index in [2.05, 4.69) is 20.9 Å². The average Bonchev–Trinajstić information content (AvgIpc) is 2.25. The molecule has 2 rings (SSSR count). The van der Waals surface area contributed by atoms with Crippen LogP contribution in [0.1, 0.15) is 0 Å². The summed E-state index contributed by atoms with van der Waals surface area (Å²) in [5.41, 5.74) is 0. The molecule has 0 bridgehead atoms. The van der Waals surface area contributed by atoms with Crippen molar-refractivity contribution in [3.63, 3.8) is 0 Å². The van der Waals surface area contributed by atoms with Gasteiger partial charge in [0.05, 0.1) is 0 Å². The predicted molar refractivity (Wildman–Crippen MR) is 64.1 cm³/mol. The van der Waals surface area contributed by atoms with E-state index in [0.29, 0.717) is 9.50 Å². The zero-order chi connectivity index (χ0) is 11.5. The van der Waals surface area contributed by atoms with Crippen LogP contribution < -0.4 is 0 Å². The van der Waals surface area contributed by atoms with Gasteiger partial charge in [-0.3, -0.25) is 0 Å². The molecular formula is C11H7BrFNOS. The molecule has 0 fully saturated rings. The normalized spacial score (nSPS) is 10.4. The summed E-state index contributed by atoms with van der Waals surface area (Å²) in [6.07, 6.45) is 1.55. The van der Waals surface area contributed by atoms with E-state index in [1.165, 1.54) is 17.8 Å². The minimum Gasteiger partial charge on any atom is -0.508 e. The van der Waals surface area contributed by atoms with Crippen LogP contribution in [0.2, 0.25) is 0 Å². The first-order chi connectivity index (χ1) is 7.65. The molecule has 0 saturated heterocycles.